The zero-order chi connectivity index (χ0) is 16.2. The molecule has 0 saturated carbocycles. The Morgan fingerprint density at radius 3 is 2.57 bits per heavy atom. The molecule has 0 unspecified atom stereocenters. The Morgan fingerprint density at radius 2 is 1.87 bits per heavy atom. The molecule has 2 aromatic rings. The van der Waals surface area contributed by atoms with Crippen molar-refractivity contribution in [2.75, 3.05) is 7.05 Å². The molecule has 0 aliphatic carbocycles. The van der Waals surface area contributed by atoms with Crippen LogP contribution in [-0.4, -0.2) is 23.1 Å². The first-order valence-electron chi connectivity index (χ1n) is 7.12. The summed E-state index contributed by atoms with van der Waals surface area (Å²) in [4.78, 5) is 25.0. The topological polar surface area (TPSA) is 46.6 Å². The number of thioether (sulfide) groups is 1. The molecule has 1 heterocycles. The van der Waals surface area contributed by atoms with Crippen molar-refractivity contribution in [2.45, 2.75) is 6.61 Å². The quantitative estimate of drug-likeness (QED) is 0.799. The molecular formula is C18H15NO3S. The van der Waals surface area contributed by atoms with Crippen LogP contribution in [0.2, 0.25) is 0 Å². The lowest BCUT2D eigenvalue weighted by Gasteiger charge is -2.07. The smallest absolute Gasteiger partial charge is 0.293 e. The van der Waals surface area contributed by atoms with Crippen LogP contribution in [0.5, 0.6) is 5.75 Å². The van der Waals surface area contributed by atoms with Crippen LogP contribution >= 0.6 is 11.8 Å². The molecule has 1 fully saturated rings. The lowest BCUT2D eigenvalue weighted by molar-refractivity contribution is -0.121. The van der Waals surface area contributed by atoms with Gasteiger partial charge >= 0.3 is 0 Å². The third-order valence-electron chi connectivity index (χ3n) is 3.39. The van der Waals surface area contributed by atoms with Crippen molar-refractivity contribution >= 4 is 29.0 Å². The van der Waals surface area contributed by atoms with Crippen molar-refractivity contribution in [2.24, 2.45) is 0 Å². The van der Waals surface area contributed by atoms with Gasteiger partial charge in [0.15, 0.2) is 0 Å². The lowest BCUT2D eigenvalue weighted by Crippen LogP contribution is -2.22. The van der Waals surface area contributed by atoms with E-state index in [1.165, 1.54) is 7.05 Å². The summed E-state index contributed by atoms with van der Waals surface area (Å²) in [7, 11) is 1.48. The molecule has 0 spiro atoms. The van der Waals surface area contributed by atoms with Crippen LogP contribution in [0.1, 0.15) is 11.1 Å². The fourth-order valence-electron chi connectivity index (χ4n) is 2.13. The molecule has 2 aromatic carbocycles. The van der Waals surface area contributed by atoms with Gasteiger partial charge in [0.25, 0.3) is 11.1 Å². The number of rotatable bonds is 4. The highest BCUT2D eigenvalue weighted by molar-refractivity contribution is 8.18. The zero-order valence-electron chi connectivity index (χ0n) is 12.6. The van der Waals surface area contributed by atoms with Crippen molar-refractivity contribution in [1.29, 1.82) is 0 Å². The Kier molecular flexibility index (Phi) is 4.48. The monoisotopic (exact) mass is 325 g/mol. The van der Waals surface area contributed by atoms with Gasteiger partial charge in [-0.05, 0) is 41.1 Å². The maximum Gasteiger partial charge on any atom is 0.293 e. The molecule has 2 amide bonds. The van der Waals surface area contributed by atoms with Crippen LogP contribution < -0.4 is 4.74 Å². The fraction of sp³-hybridized carbons (Fsp3) is 0.111. The van der Waals surface area contributed by atoms with E-state index in [-0.39, 0.29) is 11.1 Å². The van der Waals surface area contributed by atoms with Crippen LogP contribution in [0.15, 0.2) is 59.5 Å². The van der Waals surface area contributed by atoms with Gasteiger partial charge in [-0.2, -0.15) is 0 Å². The molecule has 1 aliphatic rings. The highest BCUT2D eigenvalue weighted by Gasteiger charge is 2.31. The van der Waals surface area contributed by atoms with Gasteiger partial charge in [0.05, 0.1) is 4.91 Å². The van der Waals surface area contributed by atoms with E-state index in [9.17, 15) is 9.59 Å². The summed E-state index contributed by atoms with van der Waals surface area (Å²) in [6.07, 6.45) is 1.71. The molecule has 0 aromatic heterocycles. The van der Waals surface area contributed by atoms with Crippen molar-refractivity contribution < 1.29 is 14.3 Å². The number of hydrogen-bond donors (Lipinski definition) is 0. The highest BCUT2D eigenvalue weighted by atomic mass is 32.2. The van der Waals surface area contributed by atoms with Gasteiger partial charge in [-0.3, -0.25) is 14.5 Å². The third kappa shape index (κ3) is 3.63. The van der Waals surface area contributed by atoms with Gasteiger partial charge in [0.2, 0.25) is 0 Å². The Bertz CT molecular complexity index is 771. The SMILES string of the molecule is CN1C(=O)S/C(=C/c2cccc(OCc3ccccc3)c2)C1=O. The van der Waals surface area contributed by atoms with Crippen LogP contribution in [0.25, 0.3) is 6.08 Å². The minimum absolute atomic E-state index is 0.252. The molecular weight excluding hydrogens is 310 g/mol. The Morgan fingerprint density at radius 1 is 1.09 bits per heavy atom. The van der Waals surface area contributed by atoms with E-state index in [0.29, 0.717) is 11.5 Å². The van der Waals surface area contributed by atoms with Gasteiger partial charge in [-0.15, -0.1) is 0 Å². The van der Waals surface area contributed by atoms with Gasteiger partial charge in [-0.25, -0.2) is 0 Å². The Hall–Kier alpha value is -2.53. The van der Waals surface area contributed by atoms with E-state index in [1.54, 1.807) is 6.08 Å². The van der Waals surface area contributed by atoms with Gasteiger partial charge in [-0.1, -0.05) is 42.5 Å². The van der Waals surface area contributed by atoms with Crippen molar-refractivity contribution in [3.05, 3.63) is 70.6 Å². The number of ether oxygens (including phenoxy) is 1. The molecule has 3 rings (SSSR count). The minimum atomic E-state index is -0.268. The molecule has 0 N–H and O–H groups in total. The van der Waals surface area contributed by atoms with Crippen molar-refractivity contribution in [3.8, 4) is 5.75 Å². The standard InChI is InChI=1S/C18H15NO3S/c1-19-17(20)16(23-18(19)21)11-14-8-5-9-15(10-14)22-12-13-6-3-2-4-7-13/h2-11H,12H2,1H3/b16-11+. The van der Waals surface area contributed by atoms with E-state index in [4.69, 9.17) is 4.74 Å². The molecule has 0 bridgehead atoms. The summed E-state index contributed by atoms with van der Waals surface area (Å²) < 4.78 is 5.77. The van der Waals surface area contributed by atoms with E-state index >= 15 is 0 Å². The first-order chi connectivity index (χ1) is 11.1. The second-order valence-electron chi connectivity index (χ2n) is 5.09. The van der Waals surface area contributed by atoms with E-state index in [0.717, 1.165) is 33.5 Å². The van der Waals surface area contributed by atoms with Crippen LogP contribution in [0.4, 0.5) is 4.79 Å². The maximum absolute atomic E-state index is 11.9. The fourth-order valence-corrected chi connectivity index (χ4v) is 2.96. The first kappa shape index (κ1) is 15.4. The zero-order valence-corrected chi connectivity index (χ0v) is 13.4. The maximum atomic E-state index is 11.9. The Labute approximate surface area is 138 Å². The molecule has 1 saturated heterocycles. The van der Waals surface area contributed by atoms with Crippen LogP contribution in [-0.2, 0) is 11.4 Å². The Balaban J connectivity index is 1.73. The van der Waals surface area contributed by atoms with Gasteiger partial charge < -0.3 is 4.74 Å². The average molecular weight is 325 g/mol. The van der Waals surface area contributed by atoms with Crippen LogP contribution in [0.3, 0.4) is 0 Å². The number of likely N-dealkylation sites (N-methyl/N-ethyl adjacent to an activating group) is 1. The largest absolute Gasteiger partial charge is 0.489 e. The lowest BCUT2D eigenvalue weighted by atomic mass is 10.2. The molecule has 5 heteroatoms. The molecule has 4 nitrogen and oxygen atoms in total. The summed E-state index contributed by atoms with van der Waals surface area (Å²) in [5, 5.41) is -0.252. The van der Waals surface area contributed by atoms with E-state index in [1.807, 2.05) is 54.6 Å². The van der Waals surface area contributed by atoms with Crippen molar-refractivity contribution in [1.82, 2.24) is 4.90 Å². The normalized spacial score (nSPS) is 16.2. The average Bonchev–Trinajstić information content (AvgIpc) is 2.81. The van der Waals surface area contributed by atoms with Gasteiger partial charge in [0.1, 0.15) is 12.4 Å². The number of benzene rings is 2. The molecule has 23 heavy (non-hydrogen) atoms. The summed E-state index contributed by atoms with van der Waals surface area (Å²) in [6.45, 7) is 0.482. The number of imide groups is 1. The van der Waals surface area contributed by atoms with Crippen LogP contribution in [0, 0.1) is 0 Å². The number of carbonyl (C=O) groups is 2. The summed E-state index contributed by atoms with van der Waals surface area (Å²) in [6, 6.07) is 17.4. The number of carbonyl (C=O) groups excluding carboxylic acids is 2. The summed E-state index contributed by atoms with van der Waals surface area (Å²) in [5.74, 6) is 0.453. The number of hydrogen-bond acceptors (Lipinski definition) is 4. The predicted octanol–water partition coefficient (Wildman–Crippen LogP) is 3.93. The van der Waals surface area contributed by atoms with Crippen molar-refractivity contribution in [3.63, 3.8) is 0 Å². The molecule has 0 radical (unpaired) electrons. The molecule has 0 atom stereocenters. The predicted molar refractivity (Wildman–Crippen MR) is 91.0 cm³/mol. The second kappa shape index (κ2) is 6.71. The first-order valence-corrected chi connectivity index (χ1v) is 7.93. The summed E-state index contributed by atoms with van der Waals surface area (Å²) in [5.41, 5.74) is 1.92. The highest BCUT2D eigenvalue weighted by Crippen LogP contribution is 2.31. The number of amides is 2. The molecule has 1 aliphatic heterocycles. The minimum Gasteiger partial charge on any atom is -0.489 e. The summed E-state index contributed by atoms with van der Waals surface area (Å²) >= 11 is 0.950. The van der Waals surface area contributed by atoms with Gasteiger partial charge in [0, 0.05) is 7.05 Å². The van der Waals surface area contributed by atoms with E-state index in [2.05, 4.69) is 0 Å². The third-order valence-corrected chi connectivity index (χ3v) is 4.35. The second-order valence-corrected chi connectivity index (χ2v) is 6.08. The molecule has 116 valence electrons. The van der Waals surface area contributed by atoms with E-state index < -0.39 is 0 Å². The number of nitrogens with zero attached hydrogens (tertiary/aromatic N) is 1.